The zero-order valence-corrected chi connectivity index (χ0v) is 32.7. The molecule has 0 spiro atoms. The largest absolute Gasteiger partial charge is 0.472 e. The molecule has 0 radical (unpaired) electrons. The normalized spacial score (nSPS) is 20.9. The van der Waals surface area contributed by atoms with Crippen LogP contribution in [0, 0.1) is 11.8 Å². The third-order valence-electron chi connectivity index (χ3n) is 11.4. The molecule has 2 amide bonds. The number of alkyl halides is 2. The van der Waals surface area contributed by atoms with Gasteiger partial charge in [0.2, 0.25) is 11.8 Å². The van der Waals surface area contributed by atoms with E-state index in [0.717, 1.165) is 57.6 Å². The van der Waals surface area contributed by atoms with Crippen molar-refractivity contribution in [3.8, 4) is 39.5 Å². The number of fused-ring (bicyclic) bond motifs is 5. The van der Waals surface area contributed by atoms with E-state index in [4.69, 9.17) is 14.5 Å². The summed E-state index contributed by atoms with van der Waals surface area (Å²) in [6.07, 6.45) is 4.96. The molecule has 3 aromatic heterocycles. The number of amides is 2. The second kappa shape index (κ2) is 14.8. The Kier molecular flexibility index (Phi) is 9.98. The molecule has 3 N–H and O–H groups in total. The van der Waals surface area contributed by atoms with E-state index in [0.29, 0.717) is 30.7 Å². The maximum atomic E-state index is 14.6. The number of aromatic nitrogens is 5. The van der Waals surface area contributed by atoms with E-state index in [1.165, 1.54) is 4.90 Å². The zero-order chi connectivity index (χ0) is 39.5. The first-order valence-electron chi connectivity index (χ1n) is 19.5. The minimum atomic E-state index is -2.97. The Labute approximate surface area is 325 Å². The Morgan fingerprint density at radius 1 is 0.982 bits per heavy atom. The lowest BCUT2D eigenvalue weighted by Crippen LogP contribution is -2.51. The summed E-state index contributed by atoms with van der Waals surface area (Å²) in [5.41, 5.74) is 6.31. The van der Waals surface area contributed by atoms with Crippen LogP contribution in [0.5, 0.6) is 5.75 Å². The molecule has 12 nitrogen and oxygen atoms in total. The predicted molar refractivity (Wildman–Crippen MR) is 209 cm³/mol. The molecule has 6 heterocycles. The third kappa shape index (κ3) is 6.97. The van der Waals surface area contributed by atoms with Gasteiger partial charge in [-0.25, -0.2) is 18.7 Å². The van der Waals surface area contributed by atoms with Gasteiger partial charge < -0.3 is 33.8 Å². The number of likely N-dealkylation sites (tertiary alicyclic amines) is 2. The average Bonchev–Trinajstić information content (AvgIpc) is 4.00. The van der Waals surface area contributed by atoms with Crippen LogP contribution in [0.1, 0.15) is 84.0 Å². The summed E-state index contributed by atoms with van der Waals surface area (Å²) in [5.74, 6) is -1.19. The molecule has 0 aliphatic carbocycles. The minimum Gasteiger partial charge on any atom is -0.472 e. The number of imidazole rings is 2. The van der Waals surface area contributed by atoms with Gasteiger partial charge in [0.15, 0.2) is 6.73 Å². The Balaban J connectivity index is 1.02. The minimum absolute atomic E-state index is 0.0627. The topological polar surface area (TPSA) is 133 Å². The van der Waals surface area contributed by atoms with Gasteiger partial charge in [-0.15, -0.1) is 0 Å². The molecule has 5 aromatic rings. The summed E-state index contributed by atoms with van der Waals surface area (Å²) in [7, 11) is 1.61. The van der Waals surface area contributed by atoms with Gasteiger partial charge in [0.25, 0.3) is 5.92 Å². The first-order valence-corrected chi connectivity index (χ1v) is 19.5. The molecule has 8 rings (SSSR count). The summed E-state index contributed by atoms with van der Waals surface area (Å²) >= 11 is 0. The predicted octanol–water partition coefficient (Wildman–Crippen LogP) is 7.66. The maximum Gasteiger partial charge on any atom is 0.267 e. The van der Waals surface area contributed by atoms with Gasteiger partial charge in [0.05, 0.1) is 66.4 Å². The van der Waals surface area contributed by atoms with Crippen molar-refractivity contribution in [1.29, 1.82) is 0 Å². The van der Waals surface area contributed by atoms with E-state index in [9.17, 15) is 18.4 Å². The maximum absolute atomic E-state index is 14.6. The van der Waals surface area contributed by atoms with E-state index >= 15 is 0 Å². The molecule has 2 fully saturated rings. The number of carbonyl (C=O) groups excluding carboxylic acids is 2. The first kappa shape index (κ1) is 37.8. The van der Waals surface area contributed by atoms with E-state index in [1.54, 1.807) is 13.3 Å². The van der Waals surface area contributed by atoms with Crippen molar-refractivity contribution in [1.82, 2.24) is 39.6 Å². The van der Waals surface area contributed by atoms with Crippen molar-refractivity contribution in [3.05, 3.63) is 66.5 Å². The highest BCUT2D eigenvalue weighted by Gasteiger charge is 2.48. The van der Waals surface area contributed by atoms with Crippen LogP contribution < -0.4 is 10.1 Å². The molecule has 2 aromatic carbocycles. The van der Waals surface area contributed by atoms with Crippen molar-refractivity contribution in [2.75, 3.05) is 20.4 Å². The number of methoxy groups -OCH3 is 1. The standard InChI is InChI=1S/C42H50F2N8O4/c1-23(2)13-37(53)50-20-42(43,44)17-35(50)40-46-19-31(49-40)27-8-10-29-34-15-28-14-26(9-12-32(28)51(34)22-56-36(29)16-27)30-18-45-39(48-30)33-11-7-25(5)52(33)41(54)38(24(3)4)47-21-55-6/h8-10,12,14-16,18-19,23-25,33,35,38,47H,7,11,13,17,20-22H2,1-6H3,(H,45,48)(H,46,49). The van der Waals surface area contributed by atoms with E-state index in [-0.39, 0.29) is 48.2 Å². The van der Waals surface area contributed by atoms with Gasteiger partial charge in [-0.1, -0.05) is 39.8 Å². The van der Waals surface area contributed by atoms with Crippen LogP contribution in [0.3, 0.4) is 0 Å². The SMILES string of the molecule is COCNC(C(=O)N1C(C)CCC1c1ncc(-c2ccc3c(c2)cc2n3COc3cc(-c4cnc(C5CC(F)(F)CN5C(=O)CC(C)C)[nH]4)ccc3-2)[nH]1)C(C)C. The number of rotatable bonds is 11. The number of aromatic amines is 2. The Morgan fingerprint density at radius 3 is 2.38 bits per heavy atom. The molecule has 0 bridgehead atoms. The summed E-state index contributed by atoms with van der Waals surface area (Å²) in [5, 5.41) is 4.30. The highest BCUT2D eigenvalue weighted by Crippen LogP contribution is 2.44. The number of H-pyrrole nitrogens is 2. The number of carbonyl (C=O) groups is 2. The number of halogens is 2. The molecule has 3 aliphatic heterocycles. The van der Waals surface area contributed by atoms with Crippen molar-refractivity contribution < 1.29 is 27.8 Å². The number of hydrogen-bond acceptors (Lipinski definition) is 7. The number of benzene rings is 2. The quantitative estimate of drug-likeness (QED) is 0.118. The van der Waals surface area contributed by atoms with Crippen molar-refractivity contribution in [2.24, 2.45) is 11.8 Å². The number of nitrogens with zero attached hydrogens (tertiary/aromatic N) is 5. The summed E-state index contributed by atoms with van der Waals surface area (Å²) in [4.78, 5) is 46.0. The van der Waals surface area contributed by atoms with Crippen LogP contribution in [-0.2, 0) is 21.1 Å². The molecule has 2 saturated heterocycles. The molecule has 4 unspecified atom stereocenters. The van der Waals surface area contributed by atoms with Gasteiger partial charge in [-0.3, -0.25) is 14.9 Å². The van der Waals surface area contributed by atoms with Crippen molar-refractivity contribution in [3.63, 3.8) is 0 Å². The molecule has 56 heavy (non-hydrogen) atoms. The number of hydrogen-bond donors (Lipinski definition) is 3. The Morgan fingerprint density at radius 2 is 1.68 bits per heavy atom. The Hall–Kier alpha value is -5.08. The van der Waals surface area contributed by atoms with Crippen LogP contribution >= 0.6 is 0 Å². The lowest BCUT2D eigenvalue weighted by atomic mass is 10.0. The fourth-order valence-corrected chi connectivity index (χ4v) is 8.62. The van der Waals surface area contributed by atoms with E-state index < -0.39 is 24.9 Å². The van der Waals surface area contributed by atoms with Crippen LogP contribution in [0.2, 0.25) is 0 Å². The van der Waals surface area contributed by atoms with Gasteiger partial charge in [-0.05, 0) is 61.9 Å². The molecule has 3 aliphatic rings. The summed E-state index contributed by atoms with van der Waals surface area (Å²) in [6, 6.07) is 13.2. The van der Waals surface area contributed by atoms with Gasteiger partial charge in [-0.2, -0.15) is 0 Å². The molecular formula is C42H50F2N8O4. The monoisotopic (exact) mass is 768 g/mol. The lowest BCUT2D eigenvalue weighted by molar-refractivity contribution is -0.138. The fraction of sp³-hybridized carbons (Fsp3) is 0.476. The highest BCUT2D eigenvalue weighted by atomic mass is 19.3. The van der Waals surface area contributed by atoms with Gasteiger partial charge >= 0.3 is 0 Å². The molecule has 0 saturated carbocycles. The second-order valence-corrected chi connectivity index (χ2v) is 16.3. The first-order chi connectivity index (χ1) is 26.8. The smallest absolute Gasteiger partial charge is 0.267 e. The third-order valence-corrected chi connectivity index (χ3v) is 11.4. The molecule has 296 valence electrons. The van der Waals surface area contributed by atoms with Crippen LogP contribution in [-0.4, -0.2) is 84.5 Å². The van der Waals surface area contributed by atoms with Crippen LogP contribution in [0.4, 0.5) is 8.78 Å². The van der Waals surface area contributed by atoms with Gasteiger partial charge in [0, 0.05) is 48.1 Å². The zero-order valence-electron chi connectivity index (χ0n) is 32.7. The van der Waals surface area contributed by atoms with Crippen LogP contribution in [0.15, 0.2) is 54.9 Å². The average molecular weight is 769 g/mol. The van der Waals surface area contributed by atoms with E-state index in [1.807, 2.05) is 57.0 Å². The van der Waals surface area contributed by atoms with Crippen LogP contribution in [0.25, 0.3) is 44.7 Å². The lowest BCUT2D eigenvalue weighted by Gasteiger charge is -2.33. The molecular weight excluding hydrogens is 719 g/mol. The molecule has 14 heteroatoms. The number of nitrogens with one attached hydrogen (secondary N) is 3. The van der Waals surface area contributed by atoms with Crippen molar-refractivity contribution in [2.45, 2.75) is 97.1 Å². The summed E-state index contributed by atoms with van der Waals surface area (Å²) in [6.45, 7) is 10.0. The fourth-order valence-electron chi connectivity index (χ4n) is 8.62. The summed E-state index contributed by atoms with van der Waals surface area (Å²) < 4.78 is 42.8. The molecule has 4 atom stereocenters. The highest BCUT2D eigenvalue weighted by molar-refractivity contribution is 5.92. The number of ether oxygens (including phenoxy) is 2. The second-order valence-electron chi connectivity index (χ2n) is 16.3. The van der Waals surface area contributed by atoms with Crippen molar-refractivity contribution >= 4 is 22.7 Å². The van der Waals surface area contributed by atoms with E-state index in [2.05, 4.69) is 56.0 Å². The Bertz CT molecular complexity index is 2260. The van der Waals surface area contributed by atoms with Gasteiger partial charge in [0.1, 0.15) is 17.4 Å².